The Morgan fingerprint density at radius 2 is 1.94 bits per heavy atom. The Kier molecular flexibility index (Phi) is 4.59. The smallest absolute Gasteiger partial charge is 0.330 e. The van der Waals surface area contributed by atoms with Gasteiger partial charge in [0.05, 0.1) is 29.2 Å². The molecule has 12 heteroatoms. The zero-order valence-corrected chi connectivity index (χ0v) is 17.9. The molecule has 1 unspecified atom stereocenters. The van der Waals surface area contributed by atoms with Gasteiger partial charge in [0.1, 0.15) is 22.7 Å². The van der Waals surface area contributed by atoms with Crippen molar-refractivity contribution in [3.05, 3.63) is 58.9 Å². The fourth-order valence-corrected chi connectivity index (χ4v) is 4.50. The van der Waals surface area contributed by atoms with Gasteiger partial charge in [-0.15, -0.1) is 0 Å². The summed E-state index contributed by atoms with van der Waals surface area (Å²) in [6, 6.07) is 3.28. The second kappa shape index (κ2) is 7.15. The van der Waals surface area contributed by atoms with Crippen LogP contribution in [0, 0.1) is 5.82 Å². The molecule has 0 saturated carbocycles. The van der Waals surface area contributed by atoms with Crippen LogP contribution in [0.15, 0.2) is 30.6 Å². The van der Waals surface area contributed by atoms with Crippen LogP contribution in [0.4, 0.5) is 17.6 Å². The average molecular weight is 461 g/mol. The molecule has 33 heavy (non-hydrogen) atoms. The first-order valence-electron chi connectivity index (χ1n) is 10.2. The van der Waals surface area contributed by atoms with E-state index < -0.39 is 29.6 Å². The SMILES string of the molecule is CC1c2nn(C)c(-c3cc(C(F)(F)F)n(C)n3)c2CCN1C(=O)c1cnn2cccc(F)c12. The summed E-state index contributed by atoms with van der Waals surface area (Å²) in [6.07, 6.45) is -1.27. The third kappa shape index (κ3) is 3.19. The van der Waals surface area contributed by atoms with Crippen molar-refractivity contribution in [2.24, 2.45) is 14.1 Å². The van der Waals surface area contributed by atoms with E-state index in [1.54, 1.807) is 25.1 Å². The fourth-order valence-electron chi connectivity index (χ4n) is 4.50. The van der Waals surface area contributed by atoms with Gasteiger partial charge in [-0.1, -0.05) is 0 Å². The van der Waals surface area contributed by atoms with E-state index in [4.69, 9.17) is 0 Å². The largest absolute Gasteiger partial charge is 0.433 e. The Labute approximate surface area is 185 Å². The molecule has 5 rings (SSSR count). The lowest BCUT2D eigenvalue weighted by Crippen LogP contribution is -2.39. The third-order valence-corrected chi connectivity index (χ3v) is 6.04. The van der Waals surface area contributed by atoms with E-state index in [1.807, 2.05) is 0 Å². The van der Waals surface area contributed by atoms with Gasteiger partial charge in [0.2, 0.25) is 0 Å². The molecule has 5 heterocycles. The number of hydrogen-bond acceptors (Lipinski definition) is 4. The maximum absolute atomic E-state index is 14.4. The number of aromatic nitrogens is 6. The maximum atomic E-state index is 14.4. The molecule has 1 aliphatic heterocycles. The molecule has 0 spiro atoms. The summed E-state index contributed by atoms with van der Waals surface area (Å²) in [6.45, 7) is 2.07. The van der Waals surface area contributed by atoms with Gasteiger partial charge in [0.15, 0.2) is 0 Å². The monoisotopic (exact) mass is 461 g/mol. The van der Waals surface area contributed by atoms with Crippen molar-refractivity contribution in [2.45, 2.75) is 25.6 Å². The lowest BCUT2D eigenvalue weighted by atomic mass is 9.96. The van der Waals surface area contributed by atoms with Crippen molar-refractivity contribution >= 4 is 11.4 Å². The zero-order chi connectivity index (χ0) is 23.7. The van der Waals surface area contributed by atoms with Crippen molar-refractivity contribution < 1.29 is 22.4 Å². The maximum Gasteiger partial charge on any atom is 0.433 e. The van der Waals surface area contributed by atoms with Crippen molar-refractivity contribution in [3.63, 3.8) is 0 Å². The molecule has 0 saturated heterocycles. The van der Waals surface area contributed by atoms with Gasteiger partial charge in [0, 0.05) is 32.4 Å². The number of fused-ring (bicyclic) bond motifs is 2. The number of rotatable bonds is 2. The standard InChI is InChI=1S/C21H19F4N7O/c1-11-17-12(19(30(3)28-17)15-9-16(21(23,24)25)29(2)27-15)6-8-31(11)20(33)13-10-26-32-7-4-5-14(22)18(13)32/h4-5,7,9-11H,6,8H2,1-3H3. The number of halogens is 4. The first-order chi connectivity index (χ1) is 15.6. The lowest BCUT2D eigenvalue weighted by molar-refractivity contribution is -0.143. The van der Waals surface area contributed by atoms with Gasteiger partial charge < -0.3 is 4.90 Å². The van der Waals surface area contributed by atoms with E-state index in [1.165, 1.54) is 34.6 Å². The molecule has 0 radical (unpaired) electrons. The number of pyridine rings is 1. The molecule has 0 aliphatic carbocycles. The van der Waals surface area contributed by atoms with Crippen LogP contribution >= 0.6 is 0 Å². The molecule has 1 amide bonds. The molecule has 4 aromatic rings. The summed E-state index contributed by atoms with van der Waals surface area (Å²) in [7, 11) is 2.88. The number of nitrogens with zero attached hydrogens (tertiary/aromatic N) is 7. The average Bonchev–Trinajstić information content (AvgIpc) is 3.43. The third-order valence-electron chi connectivity index (χ3n) is 6.04. The van der Waals surface area contributed by atoms with E-state index >= 15 is 0 Å². The normalized spacial score (nSPS) is 16.5. The van der Waals surface area contributed by atoms with Crippen molar-refractivity contribution in [1.29, 1.82) is 0 Å². The minimum Gasteiger partial charge on any atom is -0.330 e. The van der Waals surface area contributed by atoms with Gasteiger partial charge in [-0.2, -0.15) is 28.5 Å². The zero-order valence-electron chi connectivity index (χ0n) is 17.9. The summed E-state index contributed by atoms with van der Waals surface area (Å²) < 4.78 is 57.7. The Morgan fingerprint density at radius 3 is 2.64 bits per heavy atom. The molecule has 1 aliphatic rings. The number of amides is 1. The molecule has 0 aromatic carbocycles. The first kappa shape index (κ1) is 21.2. The van der Waals surface area contributed by atoms with E-state index in [9.17, 15) is 22.4 Å². The predicted molar refractivity (Wildman–Crippen MR) is 109 cm³/mol. The molecule has 8 nitrogen and oxygen atoms in total. The molecule has 0 N–H and O–H groups in total. The van der Waals surface area contributed by atoms with Gasteiger partial charge in [-0.05, 0) is 31.5 Å². The summed E-state index contributed by atoms with van der Waals surface area (Å²) >= 11 is 0. The molecule has 0 bridgehead atoms. The van der Waals surface area contributed by atoms with Gasteiger partial charge in [0.25, 0.3) is 5.91 Å². The quantitative estimate of drug-likeness (QED) is 0.429. The van der Waals surface area contributed by atoms with Crippen molar-refractivity contribution in [2.75, 3.05) is 6.54 Å². The highest BCUT2D eigenvalue weighted by atomic mass is 19.4. The second-order valence-electron chi connectivity index (χ2n) is 8.00. The number of carbonyl (C=O) groups excluding carboxylic acids is 1. The predicted octanol–water partition coefficient (Wildman–Crippen LogP) is 3.39. The summed E-state index contributed by atoms with van der Waals surface area (Å²) in [5.74, 6) is -0.947. The van der Waals surface area contributed by atoms with Gasteiger partial charge in [-0.25, -0.2) is 8.91 Å². The Balaban J connectivity index is 1.52. The molecular formula is C21H19F4N7O. The second-order valence-corrected chi connectivity index (χ2v) is 8.00. The number of hydrogen-bond donors (Lipinski definition) is 0. The number of aryl methyl sites for hydroxylation is 2. The van der Waals surface area contributed by atoms with Crippen LogP contribution in [0.3, 0.4) is 0 Å². The Hall–Kier alpha value is -3.70. The topological polar surface area (TPSA) is 73.2 Å². The van der Waals surface area contributed by atoms with Crippen molar-refractivity contribution in [1.82, 2.24) is 34.1 Å². The Bertz CT molecular complexity index is 1400. The minimum absolute atomic E-state index is 0.0929. The summed E-state index contributed by atoms with van der Waals surface area (Å²) in [5.41, 5.74) is 1.34. The van der Waals surface area contributed by atoms with Gasteiger partial charge in [-0.3, -0.25) is 14.2 Å². The number of alkyl halides is 3. The molecule has 0 fully saturated rings. The lowest BCUT2D eigenvalue weighted by Gasteiger charge is -2.32. The first-order valence-corrected chi connectivity index (χ1v) is 10.2. The fraction of sp³-hybridized carbons (Fsp3) is 0.333. The van der Waals surface area contributed by atoms with Crippen LogP contribution in [0.2, 0.25) is 0 Å². The van der Waals surface area contributed by atoms with Crippen molar-refractivity contribution in [3.8, 4) is 11.4 Å². The highest BCUT2D eigenvalue weighted by Crippen LogP contribution is 2.38. The van der Waals surface area contributed by atoms with E-state index in [2.05, 4.69) is 15.3 Å². The van der Waals surface area contributed by atoms with Crippen LogP contribution in [-0.2, 0) is 26.7 Å². The highest BCUT2D eigenvalue weighted by molar-refractivity contribution is 6.01. The van der Waals surface area contributed by atoms with Crippen LogP contribution < -0.4 is 0 Å². The van der Waals surface area contributed by atoms with E-state index in [-0.39, 0.29) is 23.3 Å². The Morgan fingerprint density at radius 1 is 1.18 bits per heavy atom. The summed E-state index contributed by atoms with van der Waals surface area (Å²) in [5, 5.41) is 12.6. The summed E-state index contributed by atoms with van der Waals surface area (Å²) in [4.78, 5) is 14.9. The van der Waals surface area contributed by atoms with E-state index in [0.29, 0.717) is 17.8 Å². The number of carbonyl (C=O) groups is 1. The molecule has 172 valence electrons. The molecular weight excluding hydrogens is 442 g/mol. The molecule has 4 aromatic heterocycles. The van der Waals surface area contributed by atoms with Crippen LogP contribution in [-0.4, -0.2) is 46.5 Å². The molecule has 1 atom stereocenters. The van der Waals surface area contributed by atoms with Crippen LogP contribution in [0.1, 0.15) is 40.3 Å². The highest BCUT2D eigenvalue weighted by Gasteiger charge is 2.38. The minimum atomic E-state index is -4.53. The van der Waals surface area contributed by atoms with Crippen LogP contribution in [0.25, 0.3) is 16.9 Å². The van der Waals surface area contributed by atoms with Crippen LogP contribution in [0.5, 0.6) is 0 Å². The van der Waals surface area contributed by atoms with E-state index in [0.717, 1.165) is 16.3 Å². The van der Waals surface area contributed by atoms with Gasteiger partial charge >= 0.3 is 6.18 Å².